The third-order valence-electron chi connectivity index (χ3n) is 5.02. The van der Waals surface area contributed by atoms with E-state index in [-0.39, 0.29) is 36.9 Å². The van der Waals surface area contributed by atoms with E-state index in [1.54, 1.807) is 0 Å². The molecular formula is C22H38N4O7. The van der Waals surface area contributed by atoms with Gasteiger partial charge in [-0.3, -0.25) is 24.0 Å². The molecule has 1 fully saturated rings. The van der Waals surface area contributed by atoms with Crippen molar-refractivity contribution in [1.29, 1.82) is 0 Å². The first-order chi connectivity index (χ1) is 15.2. The first-order valence-electron chi connectivity index (χ1n) is 11.2. The fourth-order valence-electron chi connectivity index (χ4n) is 2.97. The van der Waals surface area contributed by atoms with E-state index in [2.05, 4.69) is 16.0 Å². The van der Waals surface area contributed by atoms with Gasteiger partial charge in [0, 0.05) is 0 Å². The zero-order valence-electron chi connectivity index (χ0n) is 20.6. The van der Waals surface area contributed by atoms with Crippen LogP contribution < -0.4 is 21.4 Å². The normalized spacial score (nSPS) is 19.2. The minimum Gasteiger partial charge on any atom is -0.449 e. The highest BCUT2D eigenvalue weighted by atomic mass is 16.7. The zero-order valence-corrected chi connectivity index (χ0v) is 20.6. The fourth-order valence-corrected chi connectivity index (χ4v) is 2.97. The van der Waals surface area contributed by atoms with Crippen LogP contribution in [0.1, 0.15) is 61.3 Å². The number of amides is 4. The molecule has 4 amide bonds. The lowest BCUT2D eigenvalue weighted by molar-refractivity contribution is -0.156. The van der Waals surface area contributed by atoms with E-state index < -0.39 is 47.7 Å². The van der Waals surface area contributed by atoms with E-state index in [9.17, 15) is 24.0 Å². The highest BCUT2D eigenvalue weighted by Crippen LogP contribution is 2.14. The second kappa shape index (κ2) is 12.5. The van der Waals surface area contributed by atoms with Gasteiger partial charge in [0.25, 0.3) is 0 Å². The Balaban J connectivity index is 2.90. The van der Waals surface area contributed by atoms with Crippen LogP contribution >= 0.6 is 0 Å². The molecule has 188 valence electrons. The summed E-state index contributed by atoms with van der Waals surface area (Å²) in [6.07, 6.45) is 0.167. The van der Waals surface area contributed by atoms with Gasteiger partial charge in [0.1, 0.15) is 24.7 Å². The molecule has 0 aromatic carbocycles. The lowest BCUT2D eigenvalue weighted by Gasteiger charge is -2.28. The second-order valence-electron chi connectivity index (χ2n) is 10.0. The molecule has 1 rings (SSSR count). The van der Waals surface area contributed by atoms with Crippen LogP contribution in [0.5, 0.6) is 0 Å². The van der Waals surface area contributed by atoms with E-state index in [0.29, 0.717) is 6.42 Å². The molecule has 4 N–H and O–H groups in total. The molecule has 0 saturated carbocycles. The Kier molecular flexibility index (Phi) is 10.8. The van der Waals surface area contributed by atoms with Crippen molar-refractivity contribution in [3.8, 4) is 0 Å². The predicted octanol–water partition coefficient (Wildman–Crippen LogP) is 0.820. The summed E-state index contributed by atoms with van der Waals surface area (Å²) < 4.78 is 5.22. The van der Waals surface area contributed by atoms with Crippen LogP contribution in [-0.2, 0) is 28.8 Å². The second-order valence-corrected chi connectivity index (χ2v) is 10.0. The number of hydrogen-bond donors (Lipinski definition) is 4. The van der Waals surface area contributed by atoms with Gasteiger partial charge in [0.05, 0.1) is 6.61 Å². The molecule has 33 heavy (non-hydrogen) atoms. The van der Waals surface area contributed by atoms with E-state index in [4.69, 9.17) is 9.57 Å². The lowest BCUT2D eigenvalue weighted by atomic mass is 9.96. The molecule has 0 radical (unpaired) electrons. The summed E-state index contributed by atoms with van der Waals surface area (Å²) >= 11 is 0. The van der Waals surface area contributed by atoms with Crippen molar-refractivity contribution in [2.24, 2.45) is 17.3 Å². The van der Waals surface area contributed by atoms with Gasteiger partial charge in [-0.05, 0) is 23.7 Å². The number of carbonyl (C=O) groups is 5. The Morgan fingerprint density at radius 2 is 1.76 bits per heavy atom. The van der Waals surface area contributed by atoms with Crippen LogP contribution in [0.3, 0.4) is 0 Å². The first kappa shape index (κ1) is 28.3. The van der Waals surface area contributed by atoms with Gasteiger partial charge in [0.2, 0.25) is 17.6 Å². The van der Waals surface area contributed by atoms with Crippen molar-refractivity contribution >= 4 is 29.6 Å². The Hall–Kier alpha value is -2.69. The van der Waals surface area contributed by atoms with Crippen molar-refractivity contribution in [2.75, 3.05) is 13.2 Å². The first-order valence-corrected chi connectivity index (χ1v) is 11.2. The summed E-state index contributed by atoms with van der Waals surface area (Å²) in [6, 6.07) is -3.04. The zero-order chi connectivity index (χ0) is 25.3. The van der Waals surface area contributed by atoms with Crippen LogP contribution in [0.25, 0.3) is 0 Å². The molecule has 4 atom stereocenters. The molecule has 1 heterocycles. The number of hydrogen-bond acceptors (Lipinski definition) is 7. The molecule has 0 spiro atoms. The van der Waals surface area contributed by atoms with Crippen molar-refractivity contribution < 1.29 is 33.5 Å². The van der Waals surface area contributed by atoms with Crippen molar-refractivity contribution in [3.63, 3.8) is 0 Å². The number of rotatable bonds is 10. The topological polar surface area (TPSA) is 152 Å². The van der Waals surface area contributed by atoms with Gasteiger partial charge < -0.3 is 20.7 Å². The molecule has 1 aliphatic rings. The van der Waals surface area contributed by atoms with Crippen LogP contribution in [0.2, 0.25) is 0 Å². The quantitative estimate of drug-likeness (QED) is 0.345. The summed E-state index contributed by atoms with van der Waals surface area (Å²) in [5.74, 6) is -3.13. The van der Waals surface area contributed by atoms with Gasteiger partial charge >= 0.3 is 12.0 Å². The van der Waals surface area contributed by atoms with Gasteiger partial charge in [0.15, 0.2) is 0 Å². The van der Waals surface area contributed by atoms with Crippen molar-refractivity contribution in [2.45, 2.75) is 79.4 Å². The molecular weight excluding hydrogens is 432 g/mol. The Labute approximate surface area is 195 Å². The number of ether oxygens (including phenoxy) is 1. The van der Waals surface area contributed by atoms with E-state index >= 15 is 0 Å². The predicted molar refractivity (Wildman–Crippen MR) is 120 cm³/mol. The third-order valence-corrected chi connectivity index (χ3v) is 5.02. The van der Waals surface area contributed by atoms with E-state index in [1.165, 1.54) is 0 Å². The smallest absolute Gasteiger partial charge is 0.407 e. The molecule has 0 aromatic heterocycles. The summed E-state index contributed by atoms with van der Waals surface area (Å²) in [5, 5.41) is 7.75. The maximum Gasteiger partial charge on any atom is 0.407 e. The number of alkyl carbamates (subject to hydrolysis) is 1. The Morgan fingerprint density at radius 1 is 1.12 bits per heavy atom. The fraction of sp³-hybridized carbons (Fsp3) is 0.773. The molecule has 1 aliphatic heterocycles. The molecule has 11 heteroatoms. The molecule has 1 saturated heterocycles. The molecule has 0 aromatic rings. The number of hydroxylamine groups is 1. The van der Waals surface area contributed by atoms with Crippen LogP contribution in [0.15, 0.2) is 0 Å². The number of carbonyl (C=O) groups excluding carboxylic acids is 5. The van der Waals surface area contributed by atoms with E-state index in [1.807, 2.05) is 53.9 Å². The number of ketones is 1. The minimum atomic E-state index is -1.14. The highest BCUT2D eigenvalue weighted by Gasteiger charge is 2.35. The van der Waals surface area contributed by atoms with Gasteiger partial charge in [-0.25, -0.2) is 10.3 Å². The van der Waals surface area contributed by atoms with Crippen LogP contribution in [0.4, 0.5) is 4.79 Å². The monoisotopic (exact) mass is 470 g/mol. The van der Waals surface area contributed by atoms with Crippen molar-refractivity contribution in [3.05, 3.63) is 0 Å². The summed E-state index contributed by atoms with van der Waals surface area (Å²) in [6.45, 7) is 13.2. The lowest BCUT2D eigenvalue weighted by Crippen LogP contribution is -2.60. The average molecular weight is 471 g/mol. The summed E-state index contributed by atoms with van der Waals surface area (Å²) in [4.78, 5) is 66.4. The summed E-state index contributed by atoms with van der Waals surface area (Å²) in [5.41, 5.74) is 1.71. The number of nitrogens with one attached hydrogen (secondary N) is 4. The minimum absolute atomic E-state index is 0.0365. The SMILES string of the molecule is CCC(C)C(NC(=O)OCC(C)(C)C)C(=O)NC(CC(C)C)C(=O)NC1CONC(=O)C1=O. The van der Waals surface area contributed by atoms with Gasteiger partial charge in [-0.2, -0.15) is 0 Å². The standard InChI is InChI=1S/C22H38N4O7/c1-8-13(4)16(25-21(31)32-11-22(5,6)7)19(29)23-14(9-12(2)3)18(28)24-15-10-33-26-20(30)17(15)27/h12-16H,8-11H2,1-7H3,(H,23,29)(H,24,28)(H,25,31)(H,26,30). The van der Waals surface area contributed by atoms with Crippen LogP contribution in [-0.4, -0.2) is 60.9 Å². The molecule has 0 bridgehead atoms. The largest absolute Gasteiger partial charge is 0.449 e. The van der Waals surface area contributed by atoms with Gasteiger partial charge in [-0.15, -0.1) is 0 Å². The highest BCUT2D eigenvalue weighted by molar-refractivity contribution is 6.38. The Morgan fingerprint density at radius 3 is 2.30 bits per heavy atom. The van der Waals surface area contributed by atoms with Crippen LogP contribution in [0, 0.1) is 17.3 Å². The maximum absolute atomic E-state index is 13.1. The maximum atomic E-state index is 13.1. The van der Waals surface area contributed by atoms with E-state index in [0.717, 1.165) is 0 Å². The molecule has 11 nitrogen and oxygen atoms in total. The summed E-state index contributed by atoms with van der Waals surface area (Å²) in [7, 11) is 0. The molecule has 4 unspecified atom stereocenters. The average Bonchev–Trinajstić information content (AvgIpc) is 2.71. The molecule has 0 aliphatic carbocycles. The Bertz CT molecular complexity index is 733. The van der Waals surface area contributed by atoms with Gasteiger partial charge in [-0.1, -0.05) is 54.9 Å². The third kappa shape index (κ3) is 9.77. The number of Topliss-reactive ketones (excluding diaryl/α,β-unsaturated/α-hetero) is 1. The van der Waals surface area contributed by atoms with Crippen molar-refractivity contribution in [1.82, 2.24) is 21.4 Å².